The number of amides is 2. The number of hydrogen-bond donors (Lipinski definition) is 0. The third-order valence-corrected chi connectivity index (χ3v) is 4.75. The molecule has 0 N–H and O–H groups in total. The van der Waals surface area contributed by atoms with Crippen LogP contribution in [0.4, 0.5) is 0 Å². The molecular formula is C19H26N2O4. The molecule has 1 aromatic carbocycles. The Hall–Kier alpha value is -2.08. The number of rotatable bonds is 7. The topological polar surface area (TPSA) is 59.1 Å². The van der Waals surface area contributed by atoms with Crippen molar-refractivity contribution in [2.75, 3.05) is 46.5 Å². The van der Waals surface area contributed by atoms with Crippen molar-refractivity contribution in [2.45, 2.75) is 19.3 Å². The molecule has 136 valence electrons. The highest BCUT2D eigenvalue weighted by Crippen LogP contribution is 2.28. The van der Waals surface area contributed by atoms with E-state index in [0.717, 1.165) is 11.3 Å². The summed E-state index contributed by atoms with van der Waals surface area (Å²) in [5.74, 6) is 1.54. The first-order valence-electron chi connectivity index (χ1n) is 8.92. The van der Waals surface area contributed by atoms with Crippen molar-refractivity contribution in [3.8, 4) is 5.75 Å². The Morgan fingerprint density at radius 2 is 1.76 bits per heavy atom. The molecule has 1 saturated carbocycles. The monoisotopic (exact) mass is 346 g/mol. The van der Waals surface area contributed by atoms with E-state index in [0.29, 0.717) is 45.1 Å². The summed E-state index contributed by atoms with van der Waals surface area (Å²) in [7, 11) is 1.62. The molecule has 1 heterocycles. The predicted octanol–water partition coefficient (Wildman–Crippen LogP) is 1.34. The second-order valence-electron chi connectivity index (χ2n) is 6.75. The maximum atomic E-state index is 12.5. The van der Waals surface area contributed by atoms with Crippen LogP contribution in [0, 0.1) is 5.92 Å². The minimum absolute atomic E-state index is 0.0283. The van der Waals surface area contributed by atoms with Crippen LogP contribution in [-0.2, 0) is 20.7 Å². The SMILES string of the molecule is COc1cccc(CC(=O)N2CCN(C(=O)COCC3CC3)CC2)c1. The number of carbonyl (C=O) groups excluding carboxylic acids is 2. The summed E-state index contributed by atoms with van der Waals surface area (Å²) in [6.07, 6.45) is 2.81. The van der Waals surface area contributed by atoms with E-state index < -0.39 is 0 Å². The van der Waals surface area contributed by atoms with Gasteiger partial charge in [0.2, 0.25) is 11.8 Å². The molecule has 0 atom stereocenters. The Kier molecular flexibility index (Phi) is 5.91. The molecule has 0 radical (unpaired) electrons. The zero-order chi connectivity index (χ0) is 17.6. The van der Waals surface area contributed by atoms with E-state index in [1.807, 2.05) is 29.2 Å². The van der Waals surface area contributed by atoms with Gasteiger partial charge in [0.25, 0.3) is 0 Å². The summed E-state index contributed by atoms with van der Waals surface area (Å²) in [6.45, 7) is 3.18. The Bertz CT molecular complexity index is 607. The van der Waals surface area contributed by atoms with Crippen LogP contribution in [0.25, 0.3) is 0 Å². The van der Waals surface area contributed by atoms with Crippen LogP contribution in [-0.4, -0.2) is 68.1 Å². The quantitative estimate of drug-likeness (QED) is 0.747. The molecule has 2 amide bonds. The van der Waals surface area contributed by atoms with Crippen molar-refractivity contribution >= 4 is 11.8 Å². The van der Waals surface area contributed by atoms with E-state index in [1.54, 1.807) is 12.0 Å². The van der Waals surface area contributed by atoms with Crippen molar-refractivity contribution in [3.63, 3.8) is 0 Å². The maximum absolute atomic E-state index is 12.5. The molecule has 1 aliphatic heterocycles. The summed E-state index contributed by atoms with van der Waals surface area (Å²) in [5.41, 5.74) is 0.941. The molecule has 0 aromatic heterocycles. The highest BCUT2D eigenvalue weighted by atomic mass is 16.5. The largest absolute Gasteiger partial charge is 0.497 e. The van der Waals surface area contributed by atoms with Gasteiger partial charge in [-0.05, 0) is 36.5 Å². The molecule has 25 heavy (non-hydrogen) atoms. The zero-order valence-electron chi connectivity index (χ0n) is 14.8. The second-order valence-corrected chi connectivity index (χ2v) is 6.75. The summed E-state index contributed by atoms with van der Waals surface area (Å²) < 4.78 is 10.7. The molecule has 2 aliphatic rings. The molecule has 0 bridgehead atoms. The van der Waals surface area contributed by atoms with Crippen LogP contribution in [0.3, 0.4) is 0 Å². The van der Waals surface area contributed by atoms with Crippen LogP contribution in [0.5, 0.6) is 5.75 Å². The smallest absolute Gasteiger partial charge is 0.248 e. The molecule has 3 rings (SSSR count). The minimum Gasteiger partial charge on any atom is -0.497 e. The van der Waals surface area contributed by atoms with E-state index >= 15 is 0 Å². The van der Waals surface area contributed by atoms with Crippen molar-refractivity contribution in [1.29, 1.82) is 0 Å². The minimum atomic E-state index is 0.0283. The molecule has 1 aliphatic carbocycles. The van der Waals surface area contributed by atoms with Gasteiger partial charge in [-0.3, -0.25) is 9.59 Å². The van der Waals surface area contributed by atoms with Gasteiger partial charge in [0, 0.05) is 26.2 Å². The Morgan fingerprint density at radius 1 is 1.08 bits per heavy atom. The first-order valence-corrected chi connectivity index (χ1v) is 8.92. The van der Waals surface area contributed by atoms with Gasteiger partial charge in [-0.1, -0.05) is 12.1 Å². The summed E-state index contributed by atoms with van der Waals surface area (Å²) in [4.78, 5) is 28.2. The number of benzene rings is 1. The Labute approximate surface area is 148 Å². The molecule has 0 spiro atoms. The van der Waals surface area contributed by atoms with Crippen LogP contribution < -0.4 is 4.74 Å². The molecule has 1 saturated heterocycles. The summed E-state index contributed by atoms with van der Waals surface area (Å²) >= 11 is 0. The maximum Gasteiger partial charge on any atom is 0.248 e. The van der Waals surface area contributed by atoms with Gasteiger partial charge < -0.3 is 19.3 Å². The highest BCUT2D eigenvalue weighted by molar-refractivity contribution is 5.80. The summed E-state index contributed by atoms with van der Waals surface area (Å²) in [6, 6.07) is 7.57. The van der Waals surface area contributed by atoms with Gasteiger partial charge in [-0.15, -0.1) is 0 Å². The zero-order valence-corrected chi connectivity index (χ0v) is 14.8. The van der Waals surface area contributed by atoms with E-state index in [4.69, 9.17) is 9.47 Å². The van der Waals surface area contributed by atoms with Gasteiger partial charge in [0.05, 0.1) is 20.1 Å². The fraction of sp³-hybridized carbons (Fsp3) is 0.579. The second kappa shape index (κ2) is 8.34. The average molecular weight is 346 g/mol. The van der Waals surface area contributed by atoms with Crippen molar-refractivity contribution in [2.24, 2.45) is 5.92 Å². The Morgan fingerprint density at radius 3 is 2.40 bits per heavy atom. The Balaban J connectivity index is 1.41. The van der Waals surface area contributed by atoms with Crippen molar-refractivity contribution < 1.29 is 19.1 Å². The average Bonchev–Trinajstić information content (AvgIpc) is 3.46. The first kappa shape index (κ1) is 17.7. The molecule has 6 heteroatoms. The normalized spacial score (nSPS) is 17.5. The van der Waals surface area contributed by atoms with Crippen LogP contribution in [0.2, 0.25) is 0 Å². The molecule has 0 unspecified atom stereocenters. The number of piperazine rings is 1. The lowest BCUT2D eigenvalue weighted by molar-refractivity contribution is -0.142. The van der Waals surface area contributed by atoms with Crippen LogP contribution in [0.15, 0.2) is 24.3 Å². The molecular weight excluding hydrogens is 320 g/mol. The summed E-state index contributed by atoms with van der Waals surface area (Å²) in [5, 5.41) is 0. The van der Waals surface area contributed by atoms with Crippen LogP contribution in [0.1, 0.15) is 18.4 Å². The molecule has 1 aromatic rings. The first-order chi connectivity index (χ1) is 12.2. The van der Waals surface area contributed by atoms with E-state index in [-0.39, 0.29) is 18.4 Å². The fourth-order valence-electron chi connectivity index (χ4n) is 2.96. The van der Waals surface area contributed by atoms with Gasteiger partial charge in [0.15, 0.2) is 0 Å². The van der Waals surface area contributed by atoms with Gasteiger partial charge in [0.1, 0.15) is 12.4 Å². The van der Waals surface area contributed by atoms with E-state index in [9.17, 15) is 9.59 Å². The molecule has 6 nitrogen and oxygen atoms in total. The van der Waals surface area contributed by atoms with Gasteiger partial charge >= 0.3 is 0 Å². The highest BCUT2D eigenvalue weighted by Gasteiger charge is 2.25. The lowest BCUT2D eigenvalue weighted by atomic mass is 10.1. The van der Waals surface area contributed by atoms with Crippen molar-refractivity contribution in [1.82, 2.24) is 9.80 Å². The third kappa shape index (κ3) is 5.19. The van der Waals surface area contributed by atoms with E-state index in [2.05, 4.69) is 0 Å². The number of ether oxygens (including phenoxy) is 2. The van der Waals surface area contributed by atoms with Crippen molar-refractivity contribution in [3.05, 3.63) is 29.8 Å². The van der Waals surface area contributed by atoms with Gasteiger partial charge in [-0.25, -0.2) is 0 Å². The van der Waals surface area contributed by atoms with Crippen LogP contribution >= 0.6 is 0 Å². The fourth-order valence-corrected chi connectivity index (χ4v) is 2.96. The third-order valence-electron chi connectivity index (χ3n) is 4.75. The lowest BCUT2D eigenvalue weighted by Gasteiger charge is -2.34. The number of methoxy groups -OCH3 is 1. The standard InChI is InChI=1S/C19H26N2O4/c1-24-17-4-2-3-16(11-17)12-18(22)20-7-9-21(10-8-20)19(23)14-25-13-15-5-6-15/h2-4,11,15H,5-10,12-14H2,1H3. The molecule has 2 fully saturated rings. The van der Waals surface area contributed by atoms with E-state index in [1.165, 1.54) is 12.8 Å². The van der Waals surface area contributed by atoms with Gasteiger partial charge in [-0.2, -0.15) is 0 Å². The number of hydrogen-bond acceptors (Lipinski definition) is 4. The number of carbonyl (C=O) groups is 2. The lowest BCUT2D eigenvalue weighted by Crippen LogP contribution is -2.51. The number of nitrogens with zero attached hydrogens (tertiary/aromatic N) is 2. The predicted molar refractivity (Wildman–Crippen MR) is 93.4 cm³/mol.